The van der Waals surface area contributed by atoms with Gasteiger partial charge in [-0.25, -0.2) is 0 Å². The number of nitrogens with zero attached hydrogens (tertiary/aromatic N) is 4. The zero-order valence-electron chi connectivity index (χ0n) is 20.5. The topological polar surface area (TPSA) is 53.4 Å². The standard InChI is InChI=1S/C27H43N5O/c1-2-15-32-24-12-11-22(20-23(24)25(29-32)26(33)30-16-7-3-8-17-30)28-21-27(13-5-6-14-27)31-18-9-4-10-19-31/h2,22,28H,1,3-21H2/t22-/m1/s1. The lowest BCUT2D eigenvalue weighted by Gasteiger charge is -2.44. The molecule has 2 saturated heterocycles. The van der Waals surface area contributed by atoms with E-state index in [-0.39, 0.29) is 5.91 Å². The fraction of sp³-hybridized carbons (Fsp3) is 0.778. The van der Waals surface area contributed by atoms with Gasteiger partial charge in [0.1, 0.15) is 0 Å². The average molecular weight is 454 g/mol. The lowest BCUT2D eigenvalue weighted by Crippen LogP contribution is -2.56. The normalized spacial score (nSPS) is 25.7. The third kappa shape index (κ3) is 4.79. The maximum Gasteiger partial charge on any atom is 0.274 e. The molecule has 0 unspecified atom stereocenters. The summed E-state index contributed by atoms with van der Waals surface area (Å²) in [7, 11) is 0. The summed E-state index contributed by atoms with van der Waals surface area (Å²) in [5.74, 6) is 0.148. The van der Waals surface area contributed by atoms with E-state index in [4.69, 9.17) is 5.10 Å². The van der Waals surface area contributed by atoms with Crippen molar-refractivity contribution < 1.29 is 4.79 Å². The SMILES string of the molecule is C=CCn1nc(C(=O)N2CCCCC2)c2c1CC[C@@H](NCC1(N3CCCCC3)CCCC1)C2. The van der Waals surface area contributed by atoms with Gasteiger partial charge in [-0.1, -0.05) is 25.3 Å². The van der Waals surface area contributed by atoms with E-state index in [9.17, 15) is 4.79 Å². The number of hydrogen-bond acceptors (Lipinski definition) is 4. The van der Waals surface area contributed by atoms with E-state index in [1.54, 1.807) is 0 Å². The molecule has 3 fully saturated rings. The van der Waals surface area contributed by atoms with Gasteiger partial charge in [0.05, 0.1) is 6.54 Å². The maximum absolute atomic E-state index is 13.4. The summed E-state index contributed by atoms with van der Waals surface area (Å²) in [5.41, 5.74) is 3.54. The number of nitrogens with one attached hydrogen (secondary N) is 1. The number of fused-ring (bicyclic) bond motifs is 1. The lowest BCUT2D eigenvalue weighted by molar-refractivity contribution is 0.0667. The molecule has 33 heavy (non-hydrogen) atoms. The summed E-state index contributed by atoms with van der Waals surface area (Å²) in [6, 6.07) is 0.439. The zero-order valence-corrected chi connectivity index (χ0v) is 20.5. The third-order valence-electron chi connectivity index (χ3n) is 8.78. The second-order valence-corrected chi connectivity index (χ2v) is 10.9. The molecule has 1 atom stereocenters. The number of hydrogen-bond donors (Lipinski definition) is 1. The Morgan fingerprint density at radius 1 is 1.03 bits per heavy atom. The van der Waals surface area contributed by atoms with Gasteiger partial charge in [0, 0.05) is 42.5 Å². The molecule has 3 heterocycles. The summed E-state index contributed by atoms with van der Waals surface area (Å²) in [5, 5.41) is 8.84. The zero-order chi connectivity index (χ0) is 22.7. The van der Waals surface area contributed by atoms with Crippen molar-refractivity contribution in [2.45, 2.75) is 102 Å². The molecule has 0 aromatic carbocycles. The van der Waals surface area contributed by atoms with Crippen LogP contribution in [0.25, 0.3) is 0 Å². The number of carbonyl (C=O) groups is 1. The predicted molar refractivity (Wildman–Crippen MR) is 133 cm³/mol. The minimum Gasteiger partial charge on any atom is -0.337 e. The molecule has 2 aliphatic carbocycles. The van der Waals surface area contributed by atoms with Gasteiger partial charge in [-0.15, -0.1) is 6.58 Å². The fourth-order valence-corrected chi connectivity index (χ4v) is 6.89. The number of amides is 1. The van der Waals surface area contributed by atoms with Crippen LogP contribution in [0.1, 0.15) is 92.4 Å². The summed E-state index contributed by atoms with van der Waals surface area (Å²) in [6.45, 7) is 10.0. The number of rotatable bonds is 7. The van der Waals surface area contributed by atoms with Crippen LogP contribution in [0.15, 0.2) is 12.7 Å². The molecule has 2 aliphatic heterocycles. The van der Waals surface area contributed by atoms with Crippen LogP contribution >= 0.6 is 0 Å². The van der Waals surface area contributed by atoms with Crippen LogP contribution in [0.3, 0.4) is 0 Å². The summed E-state index contributed by atoms with van der Waals surface area (Å²) in [6.07, 6.45) is 18.0. The Balaban J connectivity index is 1.31. The van der Waals surface area contributed by atoms with E-state index in [2.05, 4.69) is 16.8 Å². The van der Waals surface area contributed by atoms with Gasteiger partial charge in [0.2, 0.25) is 0 Å². The second-order valence-electron chi connectivity index (χ2n) is 10.9. The van der Waals surface area contributed by atoms with Crippen LogP contribution in [0.2, 0.25) is 0 Å². The molecule has 1 N–H and O–H groups in total. The molecule has 5 rings (SSSR count). The highest BCUT2D eigenvalue weighted by molar-refractivity contribution is 5.94. The molecular formula is C27H43N5O. The number of likely N-dealkylation sites (tertiary alicyclic amines) is 2. The Morgan fingerprint density at radius 3 is 2.42 bits per heavy atom. The minimum atomic E-state index is 0.148. The van der Waals surface area contributed by atoms with Crippen molar-refractivity contribution >= 4 is 5.91 Å². The maximum atomic E-state index is 13.4. The number of piperidine rings is 2. The Bertz CT molecular complexity index is 828. The molecule has 1 saturated carbocycles. The predicted octanol–water partition coefficient (Wildman–Crippen LogP) is 3.94. The molecule has 6 nitrogen and oxygen atoms in total. The van der Waals surface area contributed by atoms with Gasteiger partial charge in [-0.05, 0) is 77.3 Å². The highest BCUT2D eigenvalue weighted by atomic mass is 16.2. The van der Waals surface area contributed by atoms with E-state index < -0.39 is 0 Å². The number of carbonyl (C=O) groups excluding carboxylic acids is 1. The van der Waals surface area contributed by atoms with Crippen LogP contribution in [0.5, 0.6) is 0 Å². The molecule has 182 valence electrons. The van der Waals surface area contributed by atoms with Gasteiger partial charge in [0.15, 0.2) is 5.69 Å². The van der Waals surface area contributed by atoms with Gasteiger partial charge in [0.25, 0.3) is 5.91 Å². The molecule has 1 amide bonds. The Labute approximate surface area is 199 Å². The summed E-state index contributed by atoms with van der Waals surface area (Å²) >= 11 is 0. The highest BCUT2D eigenvalue weighted by Gasteiger charge is 2.40. The first-order valence-electron chi connectivity index (χ1n) is 13.7. The van der Waals surface area contributed by atoms with Gasteiger partial charge in [-0.3, -0.25) is 14.4 Å². The molecule has 0 bridgehead atoms. The van der Waals surface area contributed by atoms with E-state index in [1.807, 2.05) is 15.7 Å². The van der Waals surface area contributed by atoms with Crippen molar-refractivity contribution in [3.63, 3.8) is 0 Å². The van der Waals surface area contributed by atoms with Gasteiger partial charge >= 0.3 is 0 Å². The second kappa shape index (κ2) is 10.3. The van der Waals surface area contributed by atoms with E-state index in [0.29, 0.717) is 23.8 Å². The molecule has 4 aliphatic rings. The van der Waals surface area contributed by atoms with E-state index in [0.717, 1.165) is 51.7 Å². The van der Waals surface area contributed by atoms with Crippen LogP contribution in [-0.4, -0.2) is 69.8 Å². The Hall–Kier alpha value is -1.66. The van der Waals surface area contributed by atoms with E-state index in [1.165, 1.54) is 75.7 Å². The van der Waals surface area contributed by atoms with E-state index >= 15 is 0 Å². The van der Waals surface area contributed by atoms with Crippen molar-refractivity contribution in [3.8, 4) is 0 Å². The molecule has 1 aromatic heterocycles. The minimum absolute atomic E-state index is 0.148. The monoisotopic (exact) mass is 453 g/mol. The first kappa shape index (κ1) is 23.1. The first-order chi connectivity index (χ1) is 16.2. The van der Waals surface area contributed by atoms with Crippen LogP contribution < -0.4 is 5.32 Å². The van der Waals surface area contributed by atoms with Crippen molar-refractivity contribution in [3.05, 3.63) is 29.6 Å². The van der Waals surface area contributed by atoms with Crippen molar-refractivity contribution in [2.24, 2.45) is 0 Å². The lowest BCUT2D eigenvalue weighted by atomic mass is 9.88. The van der Waals surface area contributed by atoms with Gasteiger partial charge < -0.3 is 10.2 Å². The van der Waals surface area contributed by atoms with Crippen molar-refractivity contribution in [1.82, 2.24) is 24.9 Å². The molecule has 1 aromatic rings. The first-order valence-corrected chi connectivity index (χ1v) is 13.7. The number of aromatic nitrogens is 2. The molecule has 6 heteroatoms. The summed E-state index contributed by atoms with van der Waals surface area (Å²) < 4.78 is 2.04. The van der Waals surface area contributed by atoms with Crippen LogP contribution in [0, 0.1) is 0 Å². The average Bonchev–Trinajstić information content (AvgIpc) is 3.49. The smallest absolute Gasteiger partial charge is 0.274 e. The van der Waals surface area contributed by atoms with Crippen molar-refractivity contribution in [2.75, 3.05) is 32.7 Å². The third-order valence-corrected chi connectivity index (χ3v) is 8.78. The Morgan fingerprint density at radius 2 is 1.73 bits per heavy atom. The van der Waals surface area contributed by atoms with Crippen LogP contribution in [0.4, 0.5) is 0 Å². The summed E-state index contributed by atoms with van der Waals surface area (Å²) in [4.78, 5) is 18.3. The number of allylic oxidation sites excluding steroid dienone is 1. The quantitative estimate of drug-likeness (QED) is 0.636. The Kier molecular flexibility index (Phi) is 7.21. The van der Waals surface area contributed by atoms with Crippen molar-refractivity contribution in [1.29, 1.82) is 0 Å². The molecule has 0 radical (unpaired) electrons. The molecular weight excluding hydrogens is 410 g/mol. The van der Waals surface area contributed by atoms with Crippen LogP contribution in [-0.2, 0) is 19.4 Å². The highest BCUT2D eigenvalue weighted by Crippen LogP contribution is 2.37. The molecule has 0 spiro atoms. The fourth-order valence-electron chi connectivity index (χ4n) is 6.89. The largest absolute Gasteiger partial charge is 0.337 e. The van der Waals surface area contributed by atoms with Gasteiger partial charge in [-0.2, -0.15) is 5.10 Å².